The molecule has 1 aliphatic rings. The van der Waals surface area contributed by atoms with Gasteiger partial charge in [0.05, 0.1) is 0 Å². The average Bonchev–Trinajstić information content (AvgIpc) is 2.38. The molecule has 2 unspecified atom stereocenters. The van der Waals surface area contributed by atoms with Crippen molar-refractivity contribution in [1.82, 2.24) is 0 Å². The number of aliphatic hydroxyl groups excluding tert-OH is 1. The number of rotatable bonds is 1. The molecule has 3 nitrogen and oxygen atoms in total. The van der Waals surface area contributed by atoms with Crippen LogP contribution in [0.2, 0.25) is 0 Å². The number of benzene rings is 1. The molecule has 0 radical (unpaired) electrons. The van der Waals surface area contributed by atoms with Crippen molar-refractivity contribution in [2.45, 2.75) is 44.8 Å². The second-order valence-electron chi connectivity index (χ2n) is 4.93. The van der Waals surface area contributed by atoms with Gasteiger partial charge in [0.15, 0.2) is 0 Å². The molecule has 0 aromatic heterocycles. The number of aliphatic hydroxyl groups is 1. The Balaban J connectivity index is 2.26. The molecule has 19 heavy (non-hydrogen) atoms. The molecule has 2 rings (SSSR count). The predicted molar refractivity (Wildman–Crippen MR) is 73.8 cm³/mol. The van der Waals surface area contributed by atoms with Gasteiger partial charge in [0.25, 0.3) is 0 Å². The average molecular weight is 260 g/mol. The summed E-state index contributed by atoms with van der Waals surface area (Å²) in [4.78, 5) is 11.2. The SMILES string of the molecule is CC(=O)OC1Cc2ccccc2CCC/C=C\C1O. The van der Waals surface area contributed by atoms with Crippen LogP contribution in [0.3, 0.4) is 0 Å². The van der Waals surface area contributed by atoms with Crippen LogP contribution in [0.1, 0.15) is 30.9 Å². The van der Waals surface area contributed by atoms with E-state index in [9.17, 15) is 9.90 Å². The van der Waals surface area contributed by atoms with Crippen molar-refractivity contribution in [3.8, 4) is 0 Å². The summed E-state index contributed by atoms with van der Waals surface area (Å²) in [5, 5.41) is 10.1. The number of ether oxygens (including phenoxy) is 1. The lowest BCUT2D eigenvalue weighted by atomic mass is 9.94. The minimum Gasteiger partial charge on any atom is -0.459 e. The predicted octanol–water partition coefficient (Wildman–Crippen LogP) is 2.41. The Morgan fingerprint density at radius 2 is 2.05 bits per heavy atom. The zero-order valence-electron chi connectivity index (χ0n) is 11.2. The highest BCUT2D eigenvalue weighted by Gasteiger charge is 2.22. The highest BCUT2D eigenvalue weighted by molar-refractivity contribution is 5.66. The van der Waals surface area contributed by atoms with Crippen molar-refractivity contribution in [3.05, 3.63) is 47.5 Å². The maximum atomic E-state index is 11.2. The molecular formula is C16H20O3. The lowest BCUT2D eigenvalue weighted by Crippen LogP contribution is -2.31. The zero-order valence-corrected chi connectivity index (χ0v) is 11.2. The number of hydrogen-bond donors (Lipinski definition) is 1. The van der Waals surface area contributed by atoms with E-state index in [0.717, 1.165) is 24.8 Å². The number of carbonyl (C=O) groups is 1. The smallest absolute Gasteiger partial charge is 0.303 e. The topological polar surface area (TPSA) is 46.5 Å². The maximum Gasteiger partial charge on any atom is 0.303 e. The Labute approximate surface area is 113 Å². The van der Waals surface area contributed by atoms with Crippen molar-refractivity contribution < 1.29 is 14.6 Å². The Kier molecular flexibility index (Phi) is 4.74. The van der Waals surface area contributed by atoms with E-state index in [0.29, 0.717) is 6.42 Å². The number of aryl methyl sites for hydroxylation is 1. The monoisotopic (exact) mass is 260 g/mol. The van der Waals surface area contributed by atoms with Gasteiger partial charge in [0, 0.05) is 13.3 Å². The van der Waals surface area contributed by atoms with E-state index in [1.807, 2.05) is 24.3 Å². The molecule has 0 spiro atoms. The molecule has 1 aromatic carbocycles. The molecular weight excluding hydrogens is 240 g/mol. The van der Waals surface area contributed by atoms with Gasteiger partial charge < -0.3 is 9.84 Å². The third kappa shape index (κ3) is 3.93. The van der Waals surface area contributed by atoms with Crippen LogP contribution in [0, 0.1) is 0 Å². The molecule has 1 aromatic rings. The van der Waals surface area contributed by atoms with Gasteiger partial charge in [-0.1, -0.05) is 36.4 Å². The standard InChI is InChI=1S/C16H20O3/c1-12(17)19-16-11-14-9-6-5-8-13(14)7-3-2-4-10-15(16)18/h4-6,8-10,15-16,18H,2-3,7,11H2,1H3/b10-4-. The summed E-state index contributed by atoms with van der Waals surface area (Å²) < 4.78 is 5.25. The Hall–Kier alpha value is -1.61. The van der Waals surface area contributed by atoms with Gasteiger partial charge in [-0.3, -0.25) is 4.79 Å². The van der Waals surface area contributed by atoms with Gasteiger partial charge >= 0.3 is 5.97 Å². The molecule has 1 N–H and O–H groups in total. The van der Waals surface area contributed by atoms with Crippen molar-refractivity contribution >= 4 is 5.97 Å². The van der Waals surface area contributed by atoms with Gasteiger partial charge in [-0.15, -0.1) is 0 Å². The first kappa shape index (κ1) is 13.8. The van der Waals surface area contributed by atoms with Gasteiger partial charge in [-0.05, 0) is 30.4 Å². The lowest BCUT2D eigenvalue weighted by molar-refractivity contribution is -0.150. The van der Waals surface area contributed by atoms with Crippen LogP contribution < -0.4 is 0 Å². The lowest BCUT2D eigenvalue weighted by Gasteiger charge is -2.22. The van der Waals surface area contributed by atoms with Crippen molar-refractivity contribution in [3.63, 3.8) is 0 Å². The first-order chi connectivity index (χ1) is 9.16. The third-order valence-corrected chi connectivity index (χ3v) is 3.39. The summed E-state index contributed by atoms with van der Waals surface area (Å²) in [6.45, 7) is 1.38. The third-order valence-electron chi connectivity index (χ3n) is 3.39. The Bertz CT molecular complexity index is 465. The van der Waals surface area contributed by atoms with E-state index in [1.54, 1.807) is 6.08 Å². The van der Waals surface area contributed by atoms with Crippen LogP contribution >= 0.6 is 0 Å². The van der Waals surface area contributed by atoms with Crippen molar-refractivity contribution in [2.24, 2.45) is 0 Å². The maximum absolute atomic E-state index is 11.2. The largest absolute Gasteiger partial charge is 0.459 e. The summed E-state index contributed by atoms with van der Waals surface area (Å²) in [5.41, 5.74) is 2.44. The molecule has 0 saturated carbocycles. The minimum atomic E-state index is -0.741. The number of fused-ring (bicyclic) bond motifs is 1. The van der Waals surface area contributed by atoms with E-state index in [4.69, 9.17) is 4.74 Å². The van der Waals surface area contributed by atoms with Crippen LogP contribution in [0.15, 0.2) is 36.4 Å². The van der Waals surface area contributed by atoms with E-state index >= 15 is 0 Å². The van der Waals surface area contributed by atoms with Gasteiger partial charge in [0.2, 0.25) is 0 Å². The molecule has 0 amide bonds. The minimum absolute atomic E-state index is 0.355. The van der Waals surface area contributed by atoms with Crippen LogP contribution in [0.5, 0.6) is 0 Å². The highest BCUT2D eigenvalue weighted by Crippen LogP contribution is 2.19. The fourth-order valence-corrected chi connectivity index (χ4v) is 2.43. The highest BCUT2D eigenvalue weighted by atomic mass is 16.6. The van der Waals surface area contributed by atoms with E-state index in [-0.39, 0.29) is 5.97 Å². The summed E-state index contributed by atoms with van der Waals surface area (Å²) in [6, 6.07) is 8.16. The second-order valence-corrected chi connectivity index (χ2v) is 4.93. The van der Waals surface area contributed by atoms with Crippen molar-refractivity contribution in [2.75, 3.05) is 0 Å². The fourth-order valence-electron chi connectivity index (χ4n) is 2.43. The van der Waals surface area contributed by atoms with E-state index in [1.165, 1.54) is 12.5 Å². The summed E-state index contributed by atoms with van der Waals surface area (Å²) in [5.74, 6) is -0.355. The molecule has 1 aliphatic carbocycles. The number of carbonyl (C=O) groups excluding carboxylic acids is 1. The molecule has 0 saturated heterocycles. The van der Waals surface area contributed by atoms with Gasteiger partial charge in [-0.25, -0.2) is 0 Å². The Morgan fingerprint density at radius 1 is 1.32 bits per heavy atom. The van der Waals surface area contributed by atoms with E-state index in [2.05, 4.69) is 6.07 Å². The normalized spacial score (nSPS) is 25.2. The molecule has 0 heterocycles. The van der Waals surface area contributed by atoms with Gasteiger partial charge in [0.1, 0.15) is 12.2 Å². The van der Waals surface area contributed by atoms with Crippen LogP contribution in [-0.2, 0) is 22.4 Å². The van der Waals surface area contributed by atoms with Crippen LogP contribution in [0.25, 0.3) is 0 Å². The molecule has 0 fully saturated rings. The molecule has 102 valence electrons. The zero-order chi connectivity index (χ0) is 13.7. The molecule has 0 bridgehead atoms. The number of allylic oxidation sites excluding steroid dienone is 1. The summed E-state index contributed by atoms with van der Waals surface area (Å²) in [6.07, 6.45) is 6.03. The first-order valence-electron chi connectivity index (χ1n) is 6.75. The summed E-state index contributed by atoms with van der Waals surface area (Å²) >= 11 is 0. The quantitative estimate of drug-likeness (QED) is 0.623. The van der Waals surface area contributed by atoms with Crippen molar-refractivity contribution in [1.29, 1.82) is 0 Å². The fraction of sp³-hybridized carbons (Fsp3) is 0.438. The van der Waals surface area contributed by atoms with Crippen LogP contribution in [-0.4, -0.2) is 23.3 Å². The molecule has 3 heteroatoms. The van der Waals surface area contributed by atoms with Crippen LogP contribution in [0.4, 0.5) is 0 Å². The first-order valence-corrected chi connectivity index (χ1v) is 6.75. The second kappa shape index (κ2) is 6.53. The van der Waals surface area contributed by atoms with E-state index < -0.39 is 12.2 Å². The summed E-state index contributed by atoms with van der Waals surface area (Å²) in [7, 11) is 0. The molecule has 2 atom stereocenters. The van der Waals surface area contributed by atoms with Gasteiger partial charge in [-0.2, -0.15) is 0 Å². The molecule has 0 aliphatic heterocycles. The number of esters is 1. The Morgan fingerprint density at radius 3 is 2.79 bits per heavy atom. The number of hydrogen-bond acceptors (Lipinski definition) is 3.